The summed E-state index contributed by atoms with van der Waals surface area (Å²) in [5.74, 6) is -1.67. The van der Waals surface area contributed by atoms with E-state index in [1.807, 2.05) is 0 Å². The van der Waals surface area contributed by atoms with Crippen LogP contribution in [0.15, 0.2) is 0 Å². The Labute approximate surface area is 89.7 Å². The third-order valence-corrected chi connectivity index (χ3v) is 2.23. The molecule has 0 aliphatic rings. The molecule has 0 unspecified atom stereocenters. The Morgan fingerprint density at radius 2 is 1.67 bits per heavy atom. The molecule has 0 heterocycles. The first-order valence-corrected chi connectivity index (χ1v) is 5.00. The maximum Gasteiger partial charge on any atom is 0.185 e. The van der Waals surface area contributed by atoms with Crippen molar-refractivity contribution in [2.75, 3.05) is 0 Å². The van der Waals surface area contributed by atoms with Crippen LogP contribution in [-0.4, -0.2) is 28.6 Å². The molecule has 4 nitrogen and oxygen atoms in total. The molecule has 15 heavy (non-hydrogen) atoms. The summed E-state index contributed by atoms with van der Waals surface area (Å²) in [4.78, 5) is 33.6. The van der Waals surface area contributed by atoms with E-state index in [0.717, 1.165) is 0 Å². The van der Waals surface area contributed by atoms with E-state index in [1.165, 1.54) is 0 Å². The predicted molar refractivity (Wildman–Crippen MR) is 55.3 cm³/mol. The van der Waals surface area contributed by atoms with Crippen molar-refractivity contribution in [3.8, 4) is 0 Å². The van der Waals surface area contributed by atoms with E-state index in [1.54, 1.807) is 27.7 Å². The highest BCUT2D eigenvalue weighted by Gasteiger charge is 2.39. The Morgan fingerprint density at radius 3 is 1.93 bits per heavy atom. The first-order chi connectivity index (χ1) is 6.74. The van der Waals surface area contributed by atoms with Crippen molar-refractivity contribution in [2.45, 2.75) is 39.7 Å². The van der Waals surface area contributed by atoms with Gasteiger partial charge in [-0.3, -0.25) is 14.4 Å². The van der Waals surface area contributed by atoms with Gasteiger partial charge in [0.05, 0.1) is 0 Å². The van der Waals surface area contributed by atoms with Gasteiger partial charge in [-0.05, 0) is 0 Å². The second kappa shape index (κ2) is 5.16. The number of carbonyl (C=O) groups excluding carboxylic acids is 3. The topological polar surface area (TPSA) is 71.4 Å². The number of aliphatic hydroxyl groups is 1. The summed E-state index contributed by atoms with van der Waals surface area (Å²) >= 11 is 0. The lowest BCUT2D eigenvalue weighted by atomic mass is 9.85. The lowest BCUT2D eigenvalue weighted by molar-refractivity contribution is -0.151. The fourth-order valence-electron chi connectivity index (χ4n) is 1.16. The average Bonchev–Trinajstić information content (AvgIpc) is 2.15. The van der Waals surface area contributed by atoms with Crippen LogP contribution >= 0.6 is 0 Å². The van der Waals surface area contributed by atoms with Gasteiger partial charge in [0.25, 0.3) is 0 Å². The van der Waals surface area contributed by atoms with Crippen LogP contribution in [0.4, 0.5) is 0 Å². The van der Waals surface area contributed by atoms with E-state index in [9.17, 15) is 19.5 Å². The molecule has 0 aromatic carbocycles. The van der Waals surface area contributed by atoms with Gasteiger partial charge in [0, 0.05) is 18.3 Å². The molecule has 4 heteroatoms. The van der Waals surface area contributed by atoms with Crippen molar-refractivity contribution in [2.24, 2.45) is 11.8 Å². The van der Waals surface area contributed by atoms with Crippen LogP contribution < -0.4 is 0 Å². The van der Waals surface area contributed by atoms with Crippen LogP contribution in [0.3, 0.4) is 0 Å². The predicted octanol–water partition coefficient (Wildman–Crippen LogP) is 0.757. The van der Waals surface area contributed by atoms with E-state index in [4.69, 9.17) is 0 Å². The molecule has 0 radical (unpaired) electrons. The van der Waals surface area contributed by atoms with Gasteiger partial charge in [-0.25, -0.2) is 0 Å². The second-order valence-corrected chi connectivity index (χ2v) is 4.36. The Hall–Kier alpha value is -1.03. The van der Waals surface area contributed by atoms with Crippen molar-refractivity contribution in [3.63, 3.8) is 0 Å². The minimum atomic E-state index is -2.14. The van der Waals surface area contributed by atoms with Crippen LogP contribution in [-0.2, 0) is 14.4 Å². The summed E-state index contributed by atoms with van der Waals surface area (Å²) in [6.45, 7) is 6.48. The molecule has 0 aliphatic carbocycles. The lowest BCUT2D eigenvalue weighted by Gasteiger charge is -2.22. The van der Waals surface area contributed by atoms with Gasteiger partial charge in [0.1, 0.15) is 5.78 Å². The van der Waals surface area contributed by atoms with Crippen LogP contribution in [0.2, 0.25) is 0 Å². The van der Waals surface area contributed by atoms with E-state index in [-0.39, 0.29) is 18.0 Å². The third-order valence-electron chi connectivity index (χ3n) is 2.23. The Kier molecular flexibility index (Phi) is 4.81. The molecule has 0 amide bonds. The zero-order chi connectivity index (χ0) is 12.2. The number of hydrogen-bond donors (Lipinski definition) is 1. The molecule has 0 aromatic heterocycles. The standard InChI is InChI=1S/C11H18O4/c1-7(2)9(13)5-11(15,6-12)10(14)8(3)4/h6-8,15H,5H2,1-4H3/t11-/m1/s1. The minimum Gasteiger partial charge on any atom is -0.374 e. The number of carbonyl (C=O) groups is 3. The normalized spacial score (nSPS) is 15.1. The quantitative estimate of drug-likeness (QED) is 0.523. The van der Waals surface area contributed by atoms with E-state index in [2.05, 4.69) is 0 Å². The summed E-state index contributed by atoms with van der Waals surface area (Å²) in [6.07, 6.45) is -0.263. The molecule has 0 saturated heterocycles. The van der Waals surface area contributed by atoms with Gasteiger partial charge in [-0.1, -0.05) is 27.7 Å². The molecular formula is C11H18O4. The molecule has 1 N–H and O–H groups in total. The fourth-order valence-corrected chi connectivity index (χ4v) is 1.16. The van der Waals surface area contributed by atoms with Gasteiger partial charge < -0.3 is 5.11 Å². The van der Waals surface area contributed by atoms with Crippen LogP contribution in [0.1, 0.15) is 34.1 Å². The molecule has 0 aliphatic heterocycles. The zero-order valence-corrected chi connectivity index (χ0v) is 9.61. The van der Waals surface area contributed by atoms with Gasteiger partial charge in [0.2, 0.25) is 0 Å². The maximum atomic E-state index is 11.5. The SMILES string of the molecule is CC(C)C(=O)C[C@@](O)(C=O)C(=O)C(C)C. The number of aldehydes is 1. The molecule has 1 atom stereocenters. The molecular weight excluding hydrogens is 196 g/mol. The molecule has 0 bridgehead atoms. The number of hydrogen-bond acceptors (Lipinski definition) is 4. The highest BCUT2D eigenvalue weighted by atomic mass is 16.3. The van der Waals surface area contributed by atoms with Gasteiger partial charge in [-0.15, -0.1) is 0 Å². The average molecular weight is 214 g/mol. The summed E-state index contributed by atoms with van der Waals surface area (Å²) in [7, 11) is 0. The Balaban J connectivity index is 4.80. The van der Waals surface area contributed by atoms with E-state index in [0.29, 0.717) is 0 Å². The molecule has 0 spiro atoms. The Morgan fingerprint density at radius 1 is 1.20 bits per heavy atom. The lowest BCUT2D eigenvalue weighted by Crippen LogP contribution is -2.45. The van der Waals surface area contributed by atoms with Gasteiger partial charge in [0.15, 0.2) is 17.7 Å². The number of rotatable bonds is 6. The smallest absolute Gasteiger partial charge is 0.185 e. The first-order valence-electron chi connectivity index (χ1n) is 5.00. The summed E-state index contributed by atoms with van der Waals surface area (Å²) < 4.78 is 0. The molecule has 86 valence electrons. The highest BCUT2D eigenvalue weighted by molar-refractivity contribution is 6.06. The van der Waals surface area contributed by atoms with Crippen molar-refractivity contribution >= 4 is 17.9 Å². The van der Waals surface area contributed by atoms with E-state index >= 15 is 0 Å². The van der Waals surface area contributed by atoms with Crippen molar-refractivity contribution in [1.82, 2.24) is 0 Å². The highest BCUT2D eigenvalue weighted by Crippen LogP contribution is 2.17. The van der Waals surface area contributed by atoms with Crippen molar-refractivity contribution in [1.29, 1.82) is 0 Å². The van der Waals surface area contributed by atoms with Crippen molar-refractivity contribution < 1.29 is 19.5 Å². The van der Waals surface area contributed by atoms with Crippen LogP contribution in [0.25, 0.3) is 0 Å². The van der Waals surface area contributed by atoms with E-state index < -0.39 is 23.7 Å². The van der Waals surface area contributed by atoms with Crippen LogP contribution in [0.5, 0.6) is 0 Å². The molecule has 0 fully saturated rings. The number of ketones is 2. The summed E-state index contributed by atoms with van der Waals surface area (Å²) in [6, 6.07) is 0. The molecule has 0 saturated carbocycles. The zero-order valence-electron chi connectivity index (χ0n) is 9.61. The van der Waals surface area contributed by atoms with Crippen molar-refractivity contribution in [3.05, 3.63) is 0 Å². The van der Waals surface area contributed by atoms with Crippen LogP contribution in [0, 0.1) is 11.8 Å². The molecule has 0 rings (SSSR count). The monoisotopic (exact) mass is 214 g/mol. The second-order valence-electron chi connectivity index (χ2n) is 4.36. The Bertz CT molecular complexity index is 268. The maximum absolute atomic E-state index is 11.5. The molecule has 0 aromatic rings. The van der Waals surface area contributed by atoms with Gasteiger partial charge >= 0.3 is 0 Å². The van der Waals surface area contributed by atoms with Gasteiger partial charge in [-0.2, -0.15) is 0 Å². The first kappa shape index (κ1) is 14.0. The fraction of sp³-hybridized carbons (Fsp3) is 0.727. The summed E-state index contributed by atoms with van der Waals surface area (Å²) in [5.41, 5.74) is -2.14. The number of Topliss-reactive ketones (excluding diaryl/α,β-unsaturated/α-hetero) is 2. The summed E-state index contributed by atoms with van der Waals surface area (Å²) in [5, 5.41) is 9.74. The third kappa shape index (κ3) is 3.55. The largest absolute Gasteiger partial charge is 0.374 e. The minimum absolute atomic E-state index is 0.162.